The van der Waals surface area contributed by atoms with Crippen molar-refractivity contribution in [1.29, 1.82) is 0 Å². The first-order valence-electron chi connectivity index (χ1n) is 8.02. The SMILES string of the molecule is CN(C)S(=O)(=O)c1ccc(CN2CCOc3cccc(F)c3C2)cc1. The maximum atomic E-state index is 14.0. The molecule has 0 saturated carbocycles. The van der Waals surface area contributed by atoms with Crippen molar-refractivity contribution in [2.24, 2.45) is 0 Å². The number of benzene rings is 2. The minimum absolute atomic E-state index is 0.261. The quantitative estimate of drug-likeness (QED) is 0.836. The molecule has 134 valence electrons. The van der Waals surface area contributed by atoms with Crippen molar-refractivity contribution < 1.29 is 17.5 Å². The van der Waals surface area contributed by atoms with Gasteiger partial charge in [-0.3, -0.25) is 4.90 Å². The van der Waals surface area contributed by atoms with Gasteiger partial charge in [-0.25, -0.2) is 17.1 Å². The van der Waals surface area contributed by atoms with Gasteiger partial charge in [0.2, 0.25) is 10.0 Å². The molecule has 0 fully saturated rings. The van der Waals surface area contributed by atoms with E-state index in [1.54, 1.807) is 36.4 Å². The number of rotatable bonds is 4. The van der Waals surface area contributed by atoms with Gasteiger partial charge < -0.3 is 4.74 Å². The van der Waals surface area contributed by atoms with E-state index in [4.69, 9.17) is 4.74 Å². The van der Waals surface area contributed by atoms with E-state index >= 15 is 0 Å². The fourth-order valence-corrected chi connectivity index (χ4v) is 3.69. The number of hydrogen-bond donors (Lipinski definition) is 0. The van der Waals surface area contributed by atoms with Crippen LogP contribution in [0.4, 0.5) is 4.39 Å². The Balaban J connectivity index is 1.76. The predicted molar refractivity (Wildman–Crippen MR) is 93.3 cm³/mol. The molecule has 0 amide bonds. The molecule has 0 radical (unpaired) electrons. The van der Waals surface area contributed by atoms with Gasteiger partial charge in [0.1, 0.15) is 18.2 Å². The Morgan fingerprint density at radius 1 is 1.16 bits per heavy atom. The molecule has 0 aromatic heterocycles. The summed E-state index contributed by atoms with van der Waals surface area (Å²) < 4.78 is 45.1. The van der Waals surface area contributed by atoms with E-state index in [9.17, 15) is 12.8 Å². The summed E-state index contributed by atoms with van der Waals surface area (Å²) in [6, 6.07) is 11.7. The van der Waals surface area contributed by atoms with E-state index < -0.39 is 10.0 Å². The molecule has 2 aromatic rings. The van der Waals surface area contributed by atoms with Gasteiger partial charge in [-0.15, -0.1) is 0 Å². The smallest absolute Gasteiger partial charge is 0.242 e. The molecule has 1 heterocycles. The Bertz CT molecular complexity index is 851. The standard InChI is InChI=1S/C18H21FN2O3S/c1-20(2)25(22,23)15-8-6-14(7-9-15)12-21-10-11-24-18-5-3-4-17(19)16(18)13-21/h3-9H,10-13H2,1-2H3. The van der Waals surface area contributed by atoms with Gasteiger partial charge >= 0.3 is 0 Å². The number of sulfonamides is 1. The highest BCUT2D eigenvalue weighted by atomic mass is 32.2. The van der Waals surface area contributed by atoms with Gasteiger partial charge in [0, 0.05) is 39.3 Å². The molecule has 0 spiro atoms. The van der Waals surface area contributed by atoms with Crippen LogP contribution in [-0.4, -0.2) is 44.9 Å². The maximum Gasteiger partial charge on any atom is 0.242 e. The summed E-state index contributed by atoms with van der Waals surface area (Å²) in [7, 11) is -0.415. The predicted octanol–water partition coefficient (Wildman–Crippen LogP) is 2.47. The molecule has 2 aromatic carbocycles. The van der Waals surface area contributed by atoms with Gasteiger partial charge in [-0.2, -0.15) is 0 Å². The highest BCUT2D eigenvalue weighted by Gasteiger charge is 2.20. The number of nitrogens with zero attached hydrogens (tertiary/aromatic N) is 2. The zero-order valence-electron chi connectivity index (χ0n) is 14.3. The highest BCUT2D eigenvalue weighted by molar-refractivity contribution is 7.89. The van der Waals surface area contributed by atoms with Crippen molar-refractivity contribution in [1.82, 2.24) is 9.21 Å². The van der Waals surface area contributed by atoms with Crippen molar-refractivity contribution in [3.05, 3.63) is 59.4 Å². The number of fused-ring (bicyclic) bond motifs is 1. The van der Waals surface area contributed by atoms with E-state index in [1.807, 2.05) is 0 Å². The fraction of sp³-hybridized carbons (Fsp3) is 0.333. The van der Waals surface area contributed by atoms with Crippen LogP contribution in [-0.2, 0) is 23.1 Å². The lowest BCUT2D eigenvalue weighted by Crippen LogP contribution is -2.25. The zero-order valence-corrected chi connectivity index (χ0v) is 15.1. The molecule has 0 N–H and O–H groups in total. The van der Waals surface area contributed by atoms with Crippen molar-refractivity contribution in [3.63, 3.8) is 0 Å². The molecule has 0 atom stereocenters. The van der Waals surface area contributed by atoms with Crippen LogP contribution in [0.5, 0.6) is 5.75 Å². The van der Waals surface area contributed by atoms with Crippen molar-refractivity contribution >= 4 is 10.0 Å². The minimum atomic E-state index is -3.43. The van der Waals surface area contributed by atoms with Gasteiger partial charge in [-0.1, -0.05) is 18.2 Å². The first-order chi connectivity index (χ1) is 11.9. The lowest BCUT2D eigenvalue weighted by Gasteiger charge is -2.20. The lowest BCUT2D eigenvalue weighted by atomic mass is 10.1. The normalized spacial score (nSPS) is 15.5. The third kappa shape index (κ3) is 3.84. The average molecular weight is 364 g/mol. The average Bonchev–Trinajstić information content (AvgIpc) is 2.78. The second-order valence-electron chi connectivity index (χ2n) is 6.21. The maximum absolute atomic E-state index is 14.0. The van der Waals surface area contributed by atoms with Crippen LogP contribution in [0.3, 0.4) is 0 Å². The highest BCUT2D eigenvalue weighted by Crippen LogP contribution is 2.26. The molecule has 1 aliphatic heterocycles. The molecule has 7 heteroatoms. The Kier molecular flexibility index (Phi) is 5.08. The summed E-state index contributed by atoms with van der Waals surface area (Å²) in [4.78, 5) is 2.35. The van der Waals surface area contributed by atoms with Gasteiger partial charge in [0.15, 0.2) is 0 Å². The van der Waals surface area contributed by atoms with Gasteiger partial charge in [0.25, 0.3) is 0 Å². The summed E-state index contributed by atoms with van der Waals surface area (Å²) in [5.41, 5.74) is 1.53. The van der Waals surface area contributed by atoms with Crippen molar-refractivity contribution in [2.75, 3.05) is 27.2 Å². The largest absolute Gasteiger partial charge is 0.492 e. The summed E-state index contributed by atoms with van der Waals surface area (Å²) in [6.45, 7) is 2.22. The van der Waals surface area contributed by atoms with E-state index in [-0.39, 0.29) is 10.7 Å². The van der Waals surface area contributed by atoms with E-state index in [1.165, 1.54) is 24.5 Å². The Morgan fingerprint density at radius 2 is 1.88 bits per heavy atom. The molecular weight excluding hydrogens is 343 g/mol. The van der Waals surface area contributed by atoms with Crippen LogP contribution in [0.1, 0.15) is 11.1 Å². The Hall–Kier alpha value is -1.96. The third-order valence-corrected chi connectivity index (χ3v) is 6.06. The monoisotopic (exact) mass is 364 g/mol. The number of ether oxygens (including phenoxy) is 1. The number of hydrogen-bond acceptors (Lipinski definition) is 4. The molecule has 0 unspecified atom stereocenters. The summed E-state index contributed by atoms with van der Waals surface area (Å²) in [5.74, 6) is 0.326. The first-order valence-corrected chi connectivity index (χ1v) is 9.46. The fourth-order valence-electron chi connectivity index (χ4n) is 2.79. The summed E-state index contributed by atoms with van der Waals surface area (Å²) in [5, 5.41) is 0. The van der Waals surface area contributed by atoms with E-state index in [0.717, 1.165) is 5.56 Å². The van der Waals surface area contributed by atoms with Crippen LogP contribution in [0, 0.1) is 5.82 Å². The van der Waals surface area contributed by atoms with Crippen LogP contribution in [0.2, 0.25) is 0 Å². The zero-order chi connectivity index (χ0) is 18.0. The summed E-state index contributed by atoms with van der Waals surface area (Å²) >= 11 is 0. The molecule has 0 bridgehead atoms. The first kappa shape index (κ1) is 17.8. The topological polar surface area (TPSA) is 49.9 Å². The van der Waals surface area contributed by atoms with Crippen LogP contribution in [0.25, 0.3) is 0 Å². The minimum Gasteiger partial charge on any atom is -0.492 e. The second-order valence-corrected chi connectivity index (χ2v) is 8.36. The molecule has 3 rings (SSSR count). The van der Waals surface area contributed by atoms with Gasteiger partial charge in [-0.05, 0) is 29.8 Å². The van der Waals surface area contributed by atoms with Crippen molar-refractivity contribution in [3.8, 4) is 5.75 Å². The number of halogens is 1. The molecular formula is C18H21FN2O3S. The Morgan fingerprint density at radius 3 is 2.56 bits per heavy atom. The molecule has 0 aliphatic carbocycles. The molecule has 25 heavy (non-hydrogen) atoms. The van der Waals surface area contributed by atoms with Crippen LogP contribution < -0.4 is 4.74 Å². The van der Waals surface area contributed by atoms with E-state index in [0.29, 0.717) is 37.6 Å². The van der Waals surface area contributed by atoms with E-state index in [2.05, 4.69) is 4.90 Å². The Labute approximate surface area is 147 Å². The van der Waals surface area contributed by atoms with Crippen LogP contribution in [0.15, 0.2) is 47.4 Å². The third-order valence-electron chi connectivity index (χ3n) is 4.23. The molecule has 5 nitrogen and oxygen atoms in total. The lowest BCUT2D eigenvalue weighted by molar-refractivity contribution is 0.219. The van der Waals surface area contributed by atoms with Gasteiger partial charge in [0.05, 0.1) is 4.90 Å². The summed E-state index contributed by atoms with van der Waals surface area (Å²) in [6.07, 6.45) is 0. The molecule has 0 saturated heterocycles. The molecule has 1 aliphatic rings. The van der Waals surface area contributed by atoms with Crippen molar-refractivity contribution in [2.45, 2.75) is 18.0 Å². The van der Waals surface area contributed by atoms with Crippen LogP contribution >= 0.6 is 0 Å². The second kappa shape index (κ2) is 7.11.